The second-order valence-electron chi connectivity index (χ2n) is 5.16. The van der Waals surface area contributed by atoms with Crippen LogP contribution >= 0.6 is 15.9 Å². The van der Waals surface area contributed by atoms with Gasteiger partial charge in [-0.2, -0.15) is 0 Å². The standard InChI is InChI=1S/C14H20BrNO/c1-11(16-10-14(17)7-4-8-14)9-12-5-2-3-6-13(12)15/h2-3,5-6,11,16-17H,4,7-10H2,1H3. The predicted molar refractivity (Wildman–Crippen MR) is 74.1 cm³/mol. The highest BCUT2D eigenvalue weighted by molar-refractivity contribution is 9.10. The predicted octanol–water partition coefficient (Wildman–Crippen LogP) is 2.88. The maximum Gasteiger partial charge on any atom is 0.0771 e. The molecule has 0 amide bonds. The molecular weight excluding hydrogens is 278 g/mol. The molecule has 0 heterocycles. The summed E-state index contributed by atoms with van der Waals surface area (Å²) in [4.78, 5) is 0. The molecule has 0 bridgehead atoms. The summed E-state index contributed by atoms with van der Waals surface area (Å²) in [6.45, 7) is 2.89. The average molecular weight is 298 g/mol. The lowest BCUT2D eigenvalue weighted by Gasteiger charge is -2.37. The van der Waals surface area contributed by atoms with Gasteiger partial charge in [0, 0.05) is 17.1 Å². The van der Waals surface area contributed by atoms with Gasteiger partial charge in [0.1, 0.15) is 0 Å². The average Bonchev–Trinajstić information content (AvgIpc) is 2.27. The Kier molecular flexibility index (Phi) is 4.23. The van der Waals surface area contributed by atoms with Gasteiger partial charge in [0.25, 0.3) is 0 Å². The van der Waals surface area contributed by atoms with Crippen LogP contribution in [-0.2, 0) is 6.42 Å². The number of benzene rings is 1. The minimum Gasteiger partial charge on any atom is -0.389 e. The van der Waals surface area contributed by atoms with Crippen LogP contribution in [0.1, 0.15) is 31.7 Å². The lowest BCUT2D eigenvalue weighted by atomic mass is 9.80. The van der Waals surface area contributed by atoms with E-state index >= 15 is 0 Å². The van der Waals surface area contributed by atoms with Crippen molar-refractivity contribution in [2.45, 2.75) is 44.2 Å². The molecule has 0 spiro atoms. The number of hydrogen-bond donors (Lipinski definition) is 2. The van der Waals surface area contributed by atoms with E-state index in [2.05, 4.69) is 46.4 Å². The third-order valence-electron chi connectivity index (χ3n) is 3.55. The molecule has 2 N–H and O–H groups in total. The van der Waals surface area contributed by atoms with Crippen LogP contribution < -0.4 is 5.32 Å². The van der Waals surface area contributed by atoms with Gasteiger partial charge in [-0.15, -0.1) is 0 Å². The third-order valence-corrected chi connectivity index (χ3v) is 4.32. The van der Waals surface area contributed by atoms with Crippen molar-refractivity contribution in [1.29, 1.82) is 0 Å². The molecule has 1 aliphatic rings. The molecule has 2 nitrogen and oxygen atoms in total. The fourth-order valence-electron chi connectivity index (χ4n) is 2.19. The number of nitrogens with one attached hydrogen (secondary N) is 1. The summed E-state index contributed by atoms with van der Waals surface area (Å²) in [5.74, 6) is 0. The molecule has 0 radical (unpaired) electrons. The number of hydrogen-bond acceptors (Lipinski definition) is 2. The van der Waals surface area contributed by atoms with Crippen molar-refractivity contribution in [2.24, 2.45) is 0 Å². The van der Waals surface area contributed by atoms with Gasteiger partial charge in [-0.1, -0.05) is 34.1 Å². The van der Waals surface area contributed by atoms with Crippen molar-refractivity contribution in [3.63, 3.8) is 0 Å². The monoisotopic (exact) mass is 297 g/mol. The lowest BCUT2D eigenvalue weighted by molar-refractivity contribution is -0.0328. The largest absolute Gasteiger partial charge is 0.389 e. The molecular formula is C14H20BrNO. The van der Waals surface area contributed by atoms with Crippen LogP contribution in [0.25, 0.3) is 0 Å². The highest BCUT2D eigenvalue weighted by Crippen LogP contribution is 2.30. The Morgan fingerprint density at radius 2 is 2.12 bits per heavy atom. The van der Waals surface area contributed by atoms with Crippen molar-refractivity contribution < 1.29 is 5.11 Å². The topological polar surface area (TPSA) is 32.3 Å². The minimum absolute atomic E-state index is 0.387. The second kappa shape index (κ2) is 5.51. The number of halogens is 1. The Hall–Kier alpha value is -0.380. The van der Waals surface area contributed by atoms with Crippen LogP contribution in [0.4, 0.5) is 0 Å². The molecule has 3 heteroatoms. The molecule has 1 unspecified atom stereocenters. The third kappa shape index (κ3) is 3.54. The molecule has 1 fully saturated rings. The summed E-state index contributed by atoms with van der Waals surface area (Å²) < 4.78 is 1.16. The SMILES string of the molecule is CC(Cc1ccccc1Br)NCC1(O)CCC1. The summed E-state index contributed by atoms with van der Waals surface area (Å²) >= 11 is 3.56. The Morgan fingerprint density at radius 3 is 2.71 bits per heavy atom. The summed E-state index contributed by atoms with van der Waals surface area (Å²) in [7, 11) is 0. The molecule has 1 aromatic rings. The van der Waals surface area contributed by atoms with E-state index in [1.54, 1.807) is 0 Å². The molecule has 0 aromatic heterocycles. The Bertz CT molecular complexity index is 376. The zero-order valence-electron chi connectivity index (χ0n) is 10.2. The van der Waals surface area contributed by atoms with E-state index in [-0.39, 0.29) is 0 Å². The maximum atomic E-state index is 10.0. The summed E-state index contributed by atoms with van der Waals surface area (Å²) in [6.07, 6.45) is 4.04. The van der Waals surface area contributed by atoms with Crippen LogP contribution in [0.3, 0.4) is 0 Å². The first-order chi connectivity index (χ1) is 8.09. The Morgan fingerprint density at radius 1 is 1.41 bits per heavy atom. The maximum absolute atomic E-state index is 10.0. The molecule has 1 saturated carbocycles. The van der Waals surface area contributed by atoms with Crippen LogP contribution in [0.5, 0.6) is 0 Å². The minimum atomic E-state index is -0.428. The van der Waals surface area contributed by atoms with E-state index in [0.29, 0.717) is 6.04 Å². The van der Waals surface area contributed by atoms with Gasteiger partial charge in [0.15, 0.2) is 0 Å². The molecule has 1 aromatic carbocycles. The van der Waals surface area contributed by atoms with E-state index in [9.17, 15) is 5.11 Å². The quantitative estimate of drug-likeness (QED) is 0.876. The van der Waals surface area contributed by atoms with Crippen molar-refractivity contribution >= 4 is 15.9 Å². The van der Waals surface area contributed by atoms with Gasteiger partial charge in [-0.05, 0) is 44.2 Å². The van der Waals surface area contributed by atoms with Gasteiger partial charge >= 0.3 is 0 Å². The van der Waals surface area contributed by atoms with Gasteiger partial charge in [-0.3, -0.25) is 0 Å². The van der Waals surface area contributed by atoms with Gasteiger partial charge in [0.2, 0.25) is 0 Å². The fraction of sp³-hybridized carbons (Fsp3) is 0.571. The highest BCUT2D eigenvalue weighted by Gasteiger charge is 2.34. The normalized spacial score (nSPS) is 19.7. The van der Waals surface area contributed by atoms with Gasteiger partial charge in [0.05, 0.1) is 5.60 Å². The number of aliphatic hydroxyl groups is 1. The van der Waals surface area contributed by atoms with E-state index in [0.717, 1.165) is 36.7 Å². The molecule has 94 valence electrons. The van der Waals surface area contributed by atoms with Crippen LogP contribution in [-0.4, -0.2) is 23.3 Å². The first-order valence-electron chi connectivity index (χ1n) is 6.28. The van der Waals surface area contributed by atoms with E-state index in [4.69, 9.17) is 0 Å². The Labute approximate surface area is 112 Å². The first kappa shape index (κ1) is 13.1. The molecule has 1 atom stereocenters. The summed E-state index contributed by atoms with van der Waals surface area (Å²) in [6, 6.07) is 8.69. The zero-order chi connectivity index (χ0) is 12.3. The second-order valence-corrected chi connectivity index (χ2v) is 6.01. The van der Waals surface area contributed by atoms with Crippen molar-refractivity contribution in [3.8, 4) is 0 Å². The van der Waals surface area contributed by atoms with Crippen molar-refractivity contribution in [3.05, 3.63) is 34.3 Å². The lowest BCUT2D eigenvalue weighted by Crippen LogP contribution is -2.48. The summed E-state index contributed by atoms with van der Waals surface area (Å²) in [5, 5.41) is 13.4. The zero-order valence-corrected chi connectivity index (χ0v) is 11.8. The van der Waals surface area contributed by atoms with Crippen LogP contribution in [0.2, 0.25) is 0 Å². The van der Waals surface area contributed by atoms with E-state index < -0.39 is 5.60 Å². The molecule has 0 aliphatic heterocycles. The highest BCUT2D eigenvalue weighted by atomic mass is 79.9. The first-order valence-corrected chi connectivity index (χ1v) is 7.07. The fourth-order valence-corrected chi connectivity index (χ4v) is 2.64. The Balaban J connectivity index is 1.81. The van der Waals surface area contributed by atoms with Crippen molar-refractivity contribution in [2.75, 3.05) is 6.54 Å². The van der Waals surface area contributed by atoms with Crippen molar-refractivity contribution in [1.82, 2.24) is 5.32 Å². The molecule has 2 rings (SSSR count). The van der Waals surface area contributed by atoms with Crippen LogP contribution in [0.15, 0.2) is 28.7 Å². The molecule has 17 heavy (non-hydrogen) atoms. The number of rotatable bonds is 5. The van der Waals surface area contributed by atoms with Gasteiger partial charge in [-0.25, -0.2) is 0 Å². The molecule has 1 aliphatic carbocycles. The smallest absolute Gasteiger partial charge is 0.0771 e. The van der Waals surface area contributed by atoms with E-state index in [1.807, 2.05) is 6.07 Å². The summed E-state index contributed by atoms with van der Waals surface area (Å²) in [5.41, 5.74) is 0.885. The van der Waals surface area contributed by atoms with Crippen LogP contribution in [0, 0.1) is 0 Å². The van der Waals surface area contributed by atoms with Gasteiger partial charge < -0.3 is 10.4 Å². The van der Waals surface area contributed by atoms with E-state index in [1.165, 1.54) is 5.56 Å². The molecule has 0 saturated heterocycles.